The lowest BCUT2D eigenvalue weighted by molar-refractivity contribution is -0.139. The van der Waals surface area contributed by atoms with Crippen molar-refractivity contribution >= 4 is 63.5 Å². The highest BCUT2D eigenvalue weighted by Gasteiger charge is 2.61. The maximum absolute atomic E-state index is 13.9. The van der Waals surface area contributed by atoms with Crippen LogP contribution in [0.4, 0.5) is 5.69 Å². The van der Waals surface area contributed by atoms with E-state index in [1.807, 2.05) is 31.2 Å². The van der Waals surface area contributed by atoms with Crippen molar-refractivity contribution in [2.45, 2.75) is 25.6 Å². The molecule has 0 unspecified atom stereocenters. The first-order chi connectivity index (χ1) is 15.6. The van der Waals surface area contributed by atoms with Crippen LogP contribution in [0.5, 0.6) is 5.75 Å². The maximum atomic E-state index is 13.9. The number of halogens is 2. The molecule has 2 heterocycles. The zero-order valence-electron chi connectivity index (χ0n) is 18.0. The Hall–Kier alpha value is -2.75. The van der Waals surface area contributed by atoms with Crippen molar-refractivity contribution in [3.05, 3.63) is 57.6 Å². The van der Waals surface area contributed by atoms with Gasteiger partial charge in [-0.3, -0.25) is 14.4 Å². The molecule has 33 heavy (non-hydrogen) atoms. The van der Waals surface area contributed by atoms with Crippen LogP contribution in [-0.2, 0) is 19.3 Å². The highest BCUT2D eigenvalue weighted by Crippen LogP contribution is 2.57. The van der Waals surface area contributed by atoms with E-state index in [0.717, 1.165) is 22.3 Å². The van der Waals surface area contributed by atoms with Crippen LogP contribution in [0.25, 0.3) is 0 Å². The molecule has 2 aromatic rings. The Kier molecular flexibility index (Phi) is 6.30. The van der Waals surface area contributed by atoms with Crippen LogP contribution in [0.1, 0.15) is 25.0 Å². The van der Waals surface area contributed by atoms with Crippen LogP contribution in [0.15, 0.2) is 41.5 Å². The molecule has 3 amide bonds. The number of thioether (sulfide) groups is 1. The standard InChI is InChI=1S/C22H20Cl2N4O4S/c1-12-4-6-15(7-5-12)32-11-10-27-19-16(8-9-17(23)18(19)24)22(20(27)31)28(14(3)30)26-21(33-22)25-13(2)29/h4-9H,10-11H2,1-3H3,(H,25,26,29)/t22-/m1/s1. The number of fused-ring (bicyclic) bond motifs is 2. The number of nitrogens with zero attached hydrogens (tertiary/aromatic N) is 3. The highest BCUT2D eigenvalue weighted by atomic mass is 35.5. The van der Waals surface area contributed by atoms with E-state index in [-0.39, 0.29) is 34.3 Å². The molecule has 0 aromatic heterocycles. The van der Waals surface area contributed by atoms with Crippen LogP contribution < -0.4 is 15.0 Å². The lowest BCUT2D eigenvalue weighted by atomic mass is 10.1. The molecule has 1 atom stereocenters. The van der Waals surface area contributed by atoms with Crippen LogP contribution in [-0.4, -0.2) is 41.0 Å². The Morgan fingerprint density at radius 3 is 2.48 bits per heavy atom. The molecule has 2 aromatic carbocycles. The van der Waals surface area contributed by atoms with Gasteiger partial charge in [-0.05, 0) is 36.9 Å². The summed E-state index contributed by atoms with van der Waals surface area (Å²) in [5.74, 6) is -0.606. The molecule has 11 heteroatoms. The Morgan fingerprint density at radius 2 is 1.85 bits per heavy atom. The first-order valence-corrected chi connectivity index (χ1v) is 11.6. The van der Waals surface area contributed by atoms with Gasteiger partial charge in [0.25, 0.3) is 5.91 Å². The summed E-state index contributed by atoms with van der Waals surface area (Å²) in [6.45, 7) is 4.94. The number of benzene rings is 2. The maximum Gasteiger partial charge on any atom is 0.270 e. The normalized spacial score (nSPS) is 19.1. The van der Waals surface area contributed by atoms with E-state index in [1.165, 1.54) is 18.7 Å². The Bertz CT molecular complexity index is 1190. The van der Waals surface area contributed by atoms with Crippen LogP contribution in [0.2, 0.25) is 10.0 Å². The predicted molar refractivity (Wildman–Crippen MR) is 129 cm³/mol. The smallest absolute Gasteiger partial charge is 0.270 e. The van der Waals surface area contributed by atoms with Crippen molar-refractivity contribution < 1.29 is 19.1 Å². The molecular weight excluding hydrogens is 487 g/mol. The molecule has 2 aliphatic heterocycles. The van der Waals surface area contributed by atoms with Gasteiger partial charge in [0.15, 0.2) is 5.17 Å². The number of nitrogens with one attached hydrogen (secondary N) is 1. The van der Waals surface area contributed by atoms with E-state index < -0.39 is 16.7 Å². The second kappa shape index (κ2) is 8.89. The second-order valence-electron chi connectivity index (χ2n) is 7.54. The quantitative estimate of drug-likeness (QED) is 0.679. The molecule has 0 radical (unpaired) electrons. The number of rotatable bonds is 4. The number of carbonyl (C=O) groups excluding carboxylic acids is 3. The van der Waals surface area contributed by atoms with E-state index in [2.05, 4.69) is 10.4 Å². The molecule has 172 valence electrons. The summed E-state index contributed by atoms with van der Waals surface area (Å²) in [4.78, 5) is 37.9. The van der Waals surface area contributed by atoms with Crippen LogP contribution in [0, 0.1) is 6.92 Å². The summed E-state index contributed by atoms with van der Waals surface area (Å²) in [6, 6.07) is 10.8. The van der Waals surface area contributed by atoms with Crippen molar-refractivity contribution in [3.8, 4) is 5.75 Å². The van der Waals surface area contributed by atoms with E-state index in [0.29, 0.717) is 17.0 Å². The summed E-state index contributed by atoms with van der Waals surface area (Å²) < 4.78 is 5.81. The number of carbonyl (C=O) groups is 3. The number of hydrogen-bond donors (Lipinski definition) is 1. The molecule has 8 nitrogen and oxygen atoms in total. The number of amides is 3. The number of anilines is 1. The molecule has 0 aliphatic carbocycles. The van der Waals surface area contributed by atoms with E-state index in [4.69, 9.17) is 27.9 Å². The minimum Gasteiger partial charge on any atom is -0.492 e. The van der Waals surface area contributed by atoms with Gasteiger partial charge in [-0.25, -0.2) is 0 Å². The fourth-order valence-electron chi connectivity index (χ4n) is 3.74. The highest BCUT2D eigenvalue weighted by molar-refractivity contribution is 8.15. The van der Waals surface area contributed by atoms with Gasteiger partial charge in [0.1, 0.15) is 12.4 Å². The third-order valence-corrected chi connectivity index (χ3v) is 7.19. The fourth-order valence-corrected chi connectivity index (χ4v) is 5.49. The number of amidine groups is 1. The summed E-state index contributed by atoms with van der Waals surface area (Å²) in [7, 11) is 0. The number of hydrazone groups is 1. The third kappa shape index (κ3) is 4.05. The topological polar surface area (TPSA) is 91.3 Å². The molecule has 1 spiro atoms. The summed E-state index contributed by atoms with van der Waals surface area (Å²) in [5, 5.41) is 8.45. The van der Waals surface area contributed by atoms with Crippen molar-refractivity contribution in [3.63, 3.8) is 0 Å². The molecule has 4 rings (SSSR count). The van der Waals surface area contributed by atoms with Gasteiger partial charge in [-0.15, -0.1) is 5.10 Å². The van der Waals surface area contributed by atoms with Crippen LogP contribution >= 0.6 is 35.0 Å². The Balaban J connectivity index is 1.70. The van der Waals surface area contributed by atoms with Gasteiger partial charge in [0, 0.05) is 19.4 Å². The molecule has 2 aliphatic rings. The molecular formula is C22H20Cl2N4O4S. The first-order valence-electron chi connectivity index (χ1n) is 10.0. The van der Waals surface area contributed by atoms with Crippen molar-refractivity contribution in [2.75, 3.05) is 18.1 Å². The van der Waals surface area contributed by atoms with E-state index in [9.17, 15) is 14.4 Å². The first kappa shape index (κ1) is 23.4. The third-order valence-electron chi connectivity index (χ3n) is 5.16. The zero-order chi connectivity index (χ0) is 23.9. The fraction of sp³-hybridized carbons (Fsp3) is 0.273. The van der Waals surface area contributed by atoms with Gasteiger partial charge in [-0.2, -0.15) is 5.01 Å². The van der Waals surface area contributed by atoms with Crippen molar-refractivity contribution in [1.82, 2.24) is 10.3 Å². The molecule has 0 bridgehead atoms. The monoisotopic (exact) mass is 506 g/mol. The van der Waals surface area contributed by atoms with Crippen molar-refractivity contribution in [1.29, 1.82) is 0 Å². The Morgan fingerprint density at radius 1 is 1.15 bits per heavy atom. The molecule has 0 saturated carbocycles. The average molecular weight is 507 g/mol. The van der Waals surface area contributed by atoms with Gasteiger partial charge in [0.05, 0.1) is 22.3 Å². The summed E-state index contributed by atoms with van der Waals surface area (Å²) >= 11 is 13.8. The Labute approximate surface area is 204 Å². The molecule has 0 saturated heterocycles. The number of hydrogen-bond acceptors (Lipinski definition) is 6. The van der Waals surface area contributed by atoms with E-state index in [1.54, 1.807) is 12.1 Å². The van der Waals surface area contributed by atoms with Crippen LogP contribution in [0.3, 0.4) is 0 Å². The largest absolute Gasteiger partial charge is 0.492 e. The van der Waals surface area contributed by atoms with Gasteiger partial charge in [-0.1, -0.05) is 47.0 Å². The van der Waals surface area contributed by atoms with Crippen molar-refractivity contribution in [2.24, 2.45) is 5.10 Å². The predicted octanol–water partition coefficient (Wildman–Crippen LogP) is 3.88. The average Bonchev–Trinajstić information content (AvgIpc) is 3.24. The number of aryl methyl sites for hydroxylation is 1. The van der Waals surface area contributed by atoms with Gasteiger partial charge in [0.2, 0.25) is 16.7 Å². The summed E-state index contributed by atoms with van der Waals surface area (Å²) in [5.41, 5.74) is 1.95. The molecule has 0 fully saturated rings. The zero-order valence-corrected chi connectivity index (χ0v) is 20.3. The van der Waals surface area contributed by atoms with Gasteiger partial charge >= 0.3 is 0 Å². The lowest BCUT2D eigenvalue weighted by Crippen LogP contribution is -2.49. The minimum absolute atomic E-state index is 0.140. The SMILES string of the molecule is CC(=O)NC1=NN(C(C)=O)[C@]2(S1)C(=O)N(CCOc1ccc(C)cc1)c1c2ccc(Cl)c1Cl. The minimum atomic E-state index is -1.54. The summed E-state index contributed by atoms with van der Waals surface area (Å²) in [6.07, 6.45) is 0. The number of ether oxygens (including phenoxy) is 1. The lowest BCUT2D eigenvalue weighted by Gasteiger charge is -2.29. The second-order valence-corrected chi connectivity index (χ2v) is 9.51. The van der Waals surface area contributed by atoms with E-state index >= 15 is 0 Å². The molecule has 1 N–H and O–H groups in total. The van der Waals surface area contributed by atoms with Gasteiger partial charge < -0.3 is 15.0 Å².